The number of ether oxygens (including phenoxy) is 1. The van der Waals surface area contributed by atoms with Crippen molar-refractivity contribution in [1.82, 2.24) is 14.0 Å². The first-order chi connectivity index (χ1) is 19.6. The smallest absolute Gasteiger partial charge is 0.407 e. The van der Waals surface area contributed by atoms with E-state index in [1.165, 1.54) is 49.4 Å². The van der Waals surface area contributed by atoms with Crippen LogP contribution in [-0.4, -0.2) is 34.7 Å². The largest absolute Gasteiger partial charge is 0.444 e. The van der Waals surface area contributed by atoms with Crippen molar-refractivity contribution in [3.05, 3.63) is 103 Å². The van der Waals surface area contributed by atoms with Gasteiger partial charge in [0.25, 0.3) is 15.6 Å². The van der Waals surface area contributed by atoms with Crippen LogP contribution in [-0.2, 0) is 26.1 Å². The number of hydrogen-bond acceptors (Lipinski definition) is 7. The van der Waals surface area contributed by atoms with Crippen molar-refractivity contribution in [2.24, 2.45) is 0 Å². The third-order valence-electron chi connectivity index (χ3n) is 5.82. The molecule has 1 heterocycles. The highest BCUT2D eigenvalue weighted by molar-refractivity contribution is 7.90. The molecule has 0 aliphatic rings. The lowest BCUT2D eigenvalue weighted by Gasteiger charge is -2.26. The summed E-state index contributed by atoms with van der Waals surface area (Å²) in [5, 5.41) is 3.76. The third kappa shape index (κ3) is 6.35. The van der Waals surface area contributed by atoms with Crippen molar-refractivity contribution in [3.63, 3.8) is 0 Å². The van der Waals surface area contributed by atoms with Gasteiger partial charge in [-0.3, -0.25) is 9.59 Å². The fraction of sp³-hybridized carbons (Fsp3) is 0.214. The minimum absolute atomic E-state index is 0.0917. The summed E-state index contributed by atoms with van der Waals surface area (Å²) in [4.78, 5) is 52.0. The van der Waals surface area contributed by atoms with Gasteiger partial charge in [0.05, 0.1) is 21.5 Å². The second-order valence-corrected chi connectivity index (χ2v) is 12.8. The fourth-order valence-corrected chi connectivity index (χ4v) is 5.63. The molecule has 0 atom stereocenters. The lowest BCUT2D eigenvalue weighted by molar-refractivity contribution is -0.117. The molecule has 0 aliphatic heterocycles. The highest BCUT2D eigenvalue weighted by Gasteiger charge is 2.29. The van der Waals surface area contributed by atoms with Crippen molar-refractivity contribution >= 4 is 61.8 Å². The average Bonchev–Trinajstić information content (AvgIpc) is 2.89. The Hall–Kier alpha value is -4.13. The Labute approximate surface area is 250 Å². The predicted molar refractivity (Wildman–Crippen MR) is 160 cm³/mol. The molecule has 0 saturated carbocycles. The number of benzene rings is 3. The number of amides is 2. The second kappa shape index (κ2) is 11.6. The van der Waals surface area contributed by atoms with Gasteiger partial charge in [-0.2, -0.15) is 4.68 Å². The summed E-state index contributed by atoms with van der Waals surface area (Å²) in [6.45, 7) is 6.49. The van der Waals surface area contributed by atoms with E-state index in [4.69, 9.17) is 27.9 Å². The number of carbonyl (C=O) groups is 2. The first-order valence-electron chi connectivity index (χ1n) is 12.5. The first-order valence-corrected chi connectivity index (χ1v) is 14.6. The maximum atomic E-state index is 13.9. The van der Waals surface area contributed by atoms with Crippen LogP contribution in [0.1, 0.15) is 33.3 Å². The molecule has 4 rings (SSSR count). The fourth-order valence-electron chi connectivity index (χ4n) is 4.04. The molecule has 0 fully saturated rings. The highest BCUT2D eigenvalue weighted by atomic mass is 35.5. The van der Waals surface area contributed by atoms with Crippen molar-refractivity contribution in [2.75, 3.05) is 5.01 Å². The van der Waals surface area contributed by atoms with Gasteiger partial charge in [0, 0.05) is 23.5 Å². The zero-order valence-electron chi connectivity index (χ0n) is 22.9. The van der Waals surface area contributed by atoms with Gasteiger partial charge < -0.3 is 10.1 Å². The Morgan fingerprint density at radius 1 is 0.929 bits per heavy atom. The van der Waals surface area contributed by atoms with E-state index < -0.39 is 38.9 Å². The number of carbonyl (C=O) groups excluding carboxylic acids is 2. The zero-order chi connectivity index (χ0) is 31.0. The van der Waals surface area contributed by atoms with Gasteiger partial charge in [0.1, 0.15) is 5.60 Å². The Balaban J connectivity index is 1.87. The molecule has 1 aromatic heterocycles. The molecule has 14 heteroatoms. The molecule has 11 nitrogen and oxygen atoms in total. The number of halogens is 2. The summed E-state index contributed by atoms with van der Waals surface area (Å²) in [5.74, 6) is -0.674. The molecule has 0 bridgehead atoms. The van der Waals surface area contributed by atoms with E-state index in [-0.39, 0.29) is 42.0 Å². The number of alkyl carbamates (subject to hydrolysis) is 1. The van der Waals surface area contributed by atoms with Crippen LogP contribution in [0, 0.1) is 0 Å². The number of aromatic nitrogens is 2. The van der Waals surface area contributed by atoms with E-state index in [2.05, 4.69) is 5.32 Å². The summed E-state index contributed by atoms with van der Waals surface area (Å²) < 4.78 is 33.2. The van der Waals surface area contributed by atoms with E-state index in [0.717, 1.165) is 21.8 Å². The van der Waals surface area contributed by atoms with Crippen molar-refractivity contribution in [2.45, 2.75) is 44.7 Å². The van der Waals surface area contributed by atoms with Crippen LogP contribution < -0.4 is 21.6 Å². The molecule has 220 valence electrons. The Morgan fingerprint density at radius 2 is 1.52 bits per heavy atom. The van der Waals surface area contributed by atoms with Gasteiger partial charge in [0.15, 0.2) is 0 Å². The van der Waals surface area contributed by atoms with Crippen molar-refractivity contribution < 1.29 is 22.7 Å². The molecule has 0 saturated heterocycles. The van der Waals surface area contributed by atoms with E-state index in [0.29, 0.717) is 5.56 Å². The molecule has 0 radical (unpaired) electrons. The summed E-state index contributed by atoms with van der Waals surface area (Å²) >= 11 is 12.1. The summed E-state index contributed by atoms with van der Waals surface area (Å²) in [6.07, 6.45) is -0.615. The van der Waals surface area contributed by atoms with E-state index in [9.17, 15) is 27.6 Å². The van der Waals surface area contributed by atoms with Crippen LogP contribution in [0.25, 0.3) is 10.9 Å². The molecule has 2 amide bonds. The van der Waals surface area contributed by atoms with Crippen LogP contribution in [0.4, 0.5) is 10.5 Å². The molecule has 0 unspecified atom stereocenters. The zero-order valence-corrected chi connectivity index (χ0v) is 25.2. The highest BCUT2D eigenvalue weighted by Crippen LogP contribution is 2.23. The van der Waals surface area contributed by atoms with Crippen molar-refractivity contribution in [3.8, 4) is 0 Å². The number of anilines is 1. The minimum atomic E-state index is -4.73. The minimum Gasteiger partial charge on any atom is -0.444 e. The van der Waals surface area contributed by atoms with Crippen LogP contribution in [0.2, 0.25) is 10.0 Å². The number of rotatable bonds is 6. The average molecular weight is 634 g/mol. The van der Waals surface area contributed by atoms with E-state index >= 15 is 0 Å². The molecular weight excluding hydrogens is 607 g/mol. The quantitative estimate of drug-likeness (QED) is 0.329. The third-order valence-corrected chi connectivity index (χ3v) is 7.98. The normalized spacial score (nSPS) is 11.8. The predicted octanol–water partition coefficient (Wildman–Crippen LogP) is 4.55. The molecule has 1 N–H and O–H groups in total. The Kier molecular flexibility index (Phi) is 8.53. The van der Waals surface area contributed by atoms with E-state index in [1.807, 2.05) is 0 Å². The van der Waals surface area contributed by atoms with Gasteiger partial charge in [-0.1, -0.05) is 35.3 Å². The second-order valence-electron chi connectivity index (χ2n) is 10.1. The van der Waals surface area contributed by atoms with Gasteiger partial charge in [0.2, 0.25) is 5.91 Å². The molecule has 4 aromatic rings. The van der Waals surface area contributed by atoms with Gasteiger partial charge in [-0.05, 0) is 80.9 Å². The number of nitrogens with one attached hydrogen (secondary N) is 1. The lowest BCUT2D eigenvalue weighted by atomic mass is 10.2. The van der Waals surface area contributed by atoms with Gasteiger partial charge >= 0.3 is 11.8 Å². The molecule has 0 spiro atoms. The molecule has 3 aromatic carbocycles. The maximum absolute atomic E-state index is 13.9. The van der Waals surface area contributed by atoms with E-state index in [1.54, 1.807) is 32.9 Å². The Morgan fingerprint density at radius 3 is 2.10 bits per heavy atom. The molecule has 0 aliphatic carbocycles. The Bertz CT molecular complexity index is 1910. The number of nitrogens with zero attached hydrogens (tertiary/aromatic N) is 3. The number of fused-ring (bicyclic) bond motifs is 1. The lowest BCUT2D eigenvalue weighted by Crippen LogP contribution is -2.51. The molecule has 42 heavy (non-hydrogen) atoms. The standard InChI is InChI=1S/C28H26Cl2N4O7S/c1-17(35)32(21-10-5-18(6-11-21)16-31-26(37)41-28(2,3)4)33-24-15-20(30)9-14-23(24)25(36)34(27(33)38)42(39,40)22-12-7-19(29)8-13-22/h5-15H,16H2,1-4H3,(H,31,37). The summed E-state index contributed by atoms with van der Waals surface area (Å²) in [6, 6.07) is 15.1. The van der Waals surface area contributed by atoms with Gasteiger partial charge in [-0.15, -0.1) is 3.97 Å². The SMILES string of the molecule is CC(=O)N(c1ccc(CNC(=O)OC(C)(C)C)cc1)n1c(=O)n(S(=O)(=O)c2ccc(Cl)cc2)c(=O)c2ccc(Cl)cc21. The van der Waals surface area contributed by atoms with Gasteiger partial charge in [-0.25, -0.2) is 23.0 Å². The molecular formula is C28H26Cl2N4O7S. The summed E-state index contributed by atoms with van der Waals surface area (Å²) in [7, 11) is -4.73. The van der Waals surface area contributed by atoms with Crippen LogP contribution in [0.5, 0.6) is 0 Å². The topological polar surface area (TPSA) is 137 Å². The summed E-state index contributed by atoms with van der Waals surface area (Å²) in [5.41, 5.74) is -2.40. The van der Waals surface area contributed by atoms with Crippen molar-refractivity contribution in [1.29, 1.82) is 0 Å². The van der Waals surface area contributed by atoms with Crippen LogP contribution in [0.3, 0.4) is 0 Å². The first kappa shape index (κ1) is 30.8. The number of hydrogen-bond donors (Lipinski definition) is 1. The van der Waals surface area contributed by atoms with Crippen LogP contribution >= 0.6 is 23.2 Å². The maximum Gasteiger partial charge on any atom is 0.407 e. The van der Waals surface area contributed by atoms with Crippen LogP contribution in [0.15, 0.2) is 81.2 Å². The monoisotopic (exact) mass is 632 g/mol.